The molecule has 1 saturated heterocycles. The molecule has 0 bridgehead atoms. The lowest BCUT2D eigenvalue weighted by Crippen LogP contribution is -2.70. The van der Waals surface area contributed by atoms with Gasteiger partial charge in [0.1, 0.15) is 11.2 Å². The average Bonchev–Trinajstić information content (AvgIpc) is 3.79. The van der Waals surface area contributed by atoms with Crippen molar-refractivity contribution < 1.29 is 31.2 Å². The van der Waals surface area contributed by atoms with E-state index < -0.39 is 38.7 Å². The highest BCUT2D eigenvalue weighted by Crippen LogP contribution is 2.48. The summed E-state index contributed by atoms with van der Waals surface area (Å²) in [5, 5.41) is 2.77. The maximum absolute atomic E-state index is 14.6. The molecule has 1 unspecified atom stereocenters. The lowest BCUT2D eigenvalue weighted by Gasteiger charge is -2.58. The zero-order valence-electron chi connectivity index (χ0n) is 26.9. The van der Waals surface area contributed by atoms with Crippen molar-refractivity contribution in [3.8, 4) is 0 Å². The first-order valence-corrected chi connectivity index (χ1v) is 18.9. The Kier molecular flexibility index (Phi) is 9.93. The van der Waals surface area contributed by atoms with Crippen LogP contribution in [0.4, 0.5) is 13.2 Å². The zero-order valence-corrected chi connectivity index (χ0v) is 28.5. The molecule has 252 valence electrons. The summed E-state index contributed by atoms with van der Waals surface area (Å²) in [4.78, 5) is 33.3. The van der Waals surface area contributed by atoms with Crippen LogP contribution in [0.5, 0.6) is 0 Å². The minimum atomic E-state index is -4.61. The van der Waals surface area contributed by atoms with Crippen LogP contribution in [-0.2, 0) is 20.8 Å². The van der Waals surface area contributed by atoms with E-state index in [9.17, 15) is 31.2 Å². The monoisotopic (exact) mass is 679 g/mol. The van der Waals surface area contributed by atoms with E-state index in [0.29, 0.717) is 25.3 Å². The van der Waals surface area contributed by atoms with Crippen LogP contribution in [0.25, 0.3) is 0 Å². The van der Waals surface area contributed by atoms with Crippen molar-refractivity contribution in [3.05, 3.63) is 59.7 Å². The molecule has 1 N–H and O–H groups in total. The molecule has 1 heterocycles. The highest BCUT2D eigenvalue weighted by atomic mass is 32.2. The third-order valence-corrected chi connectivity index (χ3v) is 12.5. The molecule has 0 spiro atoms. The smallest absolute Gasteiger partial charge is 0.338 e. The Morgan fingerprint density at radius 2 is 1.78 bits per heavy atom. The number of sulfone groups is 1. The van der Waals surface area contributed by atoms with E-state index in [4.69, 9.17) is 0 Å². The number of thioether (sulfide) groups is 1. The van der Waals surface area contributed by atoms with E-state index in [0.717, 1.165) is 49.3 Å². The summed E-state index contributed by atoms with van der Waals surface area (Å²) in [5.74, 6) is -1.10. The van der Waals surface area contributed by atoms with Gasteiger partial charge >= 0.3 is 6.18 Å². The number of nitrogens with one attached hydrogen (secondary N) is 1. The fraction of sp³-hybridized carbons (Fsp3) is 0.588. The summed E-state index contributed by atoms with van der Waals surface area (Å²) in [6.07, 6.45) is 2.65. The molecule has 5 rings (SSSR count). The molecule has 1 aliphatic heterocycles. The first-order valence-electron chi connectivity index (χ1n) is 16.1. The number of benzene rings is 2. The predicted octanol–water partition coefficient (Wildman–Crippen LogP) is 6.63. The maximum Gasteiger partial charge on any atom is 0.416 e. The third-order valence-electron chi connectivity index (χ3n) is 9.97. The quantitative estimate of drug-likeness (QED) is 0.269. The number of halogens is 3. The van der Waals surface area contributed by atoms with E-state index in [1.165, 1.54) is 23.9 Å². The SMILES string of the molecule is CSc1ccc(S(=O)(=O)C[C@@H]2CCCCC2(N2CC[C@](C)(NC(=O)c3cccc(C(F)(F)F)c3)C2=O)N(CC2CC2)C(C)C)cc1. The van der Waals surface area contributed by atoms with E-state index in [2.05, 4.69) is 24.1 Å². The number of hydrogen-bond donors (Lipinski definition) is 1. The first kappa shape index (κ1) is 34.8. The molecule has 2 amide bonds. The molecule has 2 aromatic rings. The summed E-state index contributed by atoms with van der Waals surface area (Å²) in [5.41, 5.74) is -3.37. The van der Waals surface area contributed by atoms with Gasteiger partial charge in [-0.3, -0.25) is 14.5 Å². The normalized spacial score (nSPS) is 25.8. The number of hydrogen-bond acceptors (Lipinski definition) is 6. The molecular weight excluding hydrogens is 636 g/mol. The molecule has 3 aliphatic rings. The number of carbonyl (C=O) groups excluding carboxylic acids is 2. The van der Waals surface area contributed by atoms with Gasteiger partial charge in [0, 0.05) is 35.5 Å². The van der Waals surface area contributed by atoms with Gasteiger partial charge in [-0.2, -0.15) is 13.2 Å². The Morgan fingerprint density at radius 1 is 1.09 bits per heavy atom. The molecule has 2 aliphatic carbocycles. The molecule has 7 nitrogen and oxygen atoms in total. The first-order chi connectivity index (χ1) is 21.6. The maximum atomic E-state index is 14.6. The van der Waals surface area contributed by atoms with Gasteiger partial charge in [0.15, 0.2) is 9.84 Å². The van der Waals surface area contributed by atoms with Crippen LogP contribution in [0, 0.1) is 11.8 Å². The molecule has 0 radical (unpaired) electrons. The summed E-state index contributed by atoms with van der Waals surface area (Å²) in [7, 11) is -3.71. The van der Waals surface area contributed by atoms with Gasteiger partial charge in [0.25, 0.3) is 5.91 Å². The zero-order chi connectivity index (χ0) is 33.5. The van der Waals surface area contributed by atoms with E-state index in [-0.39, 0.29) is 40.5 Å². The van der Waals surface area contributed by atoms with E-state index in [1.54, 1.807) is 19.1 Å². The van der Waals surface area contributed by atoms with Gasteiger partial charge in [-0.15, -0.1) is 11.8 Å². The minimum Gasteiger partial charge on any atom is -0.338 e. The van der Waals surface area contributed by atoms with Crippen molar-refractivity contribution in [3.63, 3.8) is 0 Å². The van der Waals surface area contributed by atoms with Gasteiger partial charge < -0.3 is 10.2 Å². The van der Waals surface area contributed by atoms with Crippen LogP contribution in [0.1, 0.15) is 81.6 Å². The van der Waals surface area contributed by atoms with Gasteiger partial charge in [-0.25, -0.2) is 8.42 Å². The molecule has 3 atom stereocenters. The van der Waals surface area contributed by atoms with Crippen LogP contribution in [-0.4, -0.2) is 72.4 Å². The Balaban J connectivity index is 1.49. The van der Waals surface area contributed by atoms with Gasteiger partial charge in [0.2, 0.25) is 5.91 Å². The van der Waals surface area contributed by atoms with Crippen LogP contribution in [0.3, 0.4) is 0 Å². The summed E-state index contributed by atoms with van der Waals surface area (Å²) < 4.78 is 68.0. The molecule has 2 aromatic carbocycles. The summed E-state index contributed by atoms with van der Waals surface area (Å²) in [6.45, 7) is 6.83. The molecule has 3 fully saturated rings. The second-order valence-corrected chi connectivity index (χ2v) is 16.5. The molecule has 0 aromatic heterocycles. The second-order valence-electron chi connectivity index (χ2n) is 13.5. The summed E-state index contributed by atoms with van der Waals surface area (Å²) >= 11 is 1.54. The lowest BCUT2D eigenvalue weighted by atomic mass is 9.76. The van der Waals surface area contributed by atoms with Gasteiger partial charge in [-0.1, -0.05) is 12.5 Å². The van der Waals surface area contributed by atoms with Crippen molar-refractivity contribution in [2.45, 2.75) is 98.9 Å². The highest BCUT2D eigenvalue weighted by molar-refractivity contribution is 7.98. The van der Waals surface area contributed by atoms with Gasteiger partial charge in [-0.05, 0) is 114 Å². The molecule has 12 heteroatoms. The number of nitrogens with zero attached hydrogens (tertiary/aromatic N) is 2. The van der Waals surface area contributed by atoms with Crippen molar-refractivity contribution in [2.24, 2.45) is 11.8 Å². The Hall–Kier alpha value is -2.57. The second kappa shape index (κ2) is 13.1. The molecular formula is C34H44F3N3O4S2. The largest absolute Gasteiger partial charge is 0.416 e. The Bertz CT molecular complexity index is 1550. The number of rotatable bonds is 11. The Labute approximate surface area is 274 Å². The predicted molar refractivity (Wildman–Crippen MR) is 173 cm³/mol. The Morgan fingerprint density at radius 3 is 2.39 bits per heavy atom. The van der Waals surface area contributed by atoms with E-state index in [1.807, 2.05) is 23.3 Å². The lowest BCUT2D eigenvalue weighted by molar-refractivity contribution is -0.163. The third kappa shape index (κ3) is 6.99. The number of carbonyl (C=O) groups is 2. The van der Waals surface area contributed by atoms with Crippen LogP contribution >= 0.6 is 11.8 Å². The van der Waals surface area contributed by atoms with Crippen LogP contribution in [0.15, 0.2) is 58.3 Å². The molecule has 2 saturated carbocycles. The van der Waals surface area contributed by atoms with Crippen molar-refractivity contribution in [1.29, 1.82) is 0 Å². The summed E-state index contributed by atoms with van der Waals surface area (Å²) in [6, 6.07) is 11.1. The fourth-order valence-electron chi connectivity index (χ4n) is 7.34. The van der Waals surface area contributed by atoms with Gasteiger partial charge in [0.05, 0.1) is 16.2 Å². The van der Waals surface area contributed by atoms with Crippen LogP contribution < -0.4 is 5.32 Å². The average molecular weight is 680 g/mol. The highest BCUT2D eigenvalue weighted by Gasteiger charge is 2.59. The standard InChI is InChI=1S/C34H44F3N3O4S2/c1-23(2)40(21-24-11-12-24)33(17-6-5-9-27(33)22-46(43,44)29-15-13-28(45-4)14-16-29)39-19-18-32(3,31(39)42)38-30(41)25-8-7-10-26(20-25)34(35,36)37/h7-8,10,13-16,20,23-24,27H,5-6,9,11-12,17-19,21-22H2,1-4H3,(H,38,41)/t27-,32-,33?/m0/s1. The van der Waals surface area contributed by atoms with Crippen molar-refractivity contribution in [1.82, 2.24) is 15.1 Å². The van der Waals surface area contributed by atoms with Crippen molar-refractivity contribution in [2.75, 3.05) is 25.1 Å². The van der Waals surface area contributed by atoms with E-state index >= 15 is 0 Å². The van der Waals surface area contributed by atoms with Crippen LogP contribution in [0.2, 0.25) is 0 Å². The number of amides is 2. The number of alkyl halides is 3. The number of likely N-dealkylation sites (tertiary alicyclic amines) is 1. The topological polar surface area (TPSA) is 86.8 Å². The van der Waals surface area contributed by atoms with Crippen molar-refractivity contribution >= 4 is 33.4 Å². The molecule has 46 heavy (non-hydrogen) atoms. The fourth-order valence-corrected chi connectivity index (χ4v) is 9.46. The minimum absolute atomic E-state index is 0.0177.